The first-order valence-corrected chi connectivity index (χ1v) is 9.32. The largest absolute Gasteiger partial charge is 0.350 e. The number of nitrogens with one attached hydrogen (secondary N) is 2. The fourth-order valence-electron chi connectivity index (χ4n) is 2.27. The van der Waals surface area contributed by atoms with Crippen LogP contribution >= 0.6 is 0 Å². The minimum absolute atomic E-state index is 0.0202. The molecule has 1 amide bonds. The molecule has 0 aliphatic rings. The summed E-state index contributed by atoms with van der Waals surface area (Å²) in [5, 5.41) is 9.53. The van der Waals surface area contributed by atoms with Gasteiger partial charge in [0.15, 0.2) is 9.84 Å². The van der Waals surface area contributed by atoms with Gasteiger partial charge in [0.1, 0.15) is 0 Å². The molecule has 0 aliphatic carbocycles. The summed E-state index contributed by atoms with van der Waals surface area (Å²) in [6.07, 6.45) is 6.75. The molecule has 1 aromatic carbocycles. The minimum Gasteiger partial charge on any atom is -0.350 e. The number of H-pyrrole nitrogens is 1. The average molecular weight is 335 g/mol. The second kappa shape index (κ2) is 7.41. The van der Waals surface area contributed by atoms with Gasteiger partial charge in [-0.25, -0.2) is 8.42 Å². The van der Waals surface area contributed by atoms with Crippen LogP contribution in [0.4, 0.5) is 0 Å². The number of amides is 1. The number of aryl methyl sites for hydroxylation is 1. The third-order valence-corrected chi connectivity index (χ3v) is 4.74. The Morgan fingerprint density at radius 1 is 1.30 bits per heavy atom. The van der Waals surface area contributed by atoms with Gasteiger partial charge in [-0.2, -0.15) is 5.10 Å². The number of sulfone groups is 1. The minimum atomic E-state index is -3.20. The molecule has 23 heavy (non-hydrogen) atoms. The lowest BCUT2D eigenvalue weighted by atomic mass is 10.1. The van der Waals surface area contributed by atoms with Crippen molar-refractivity contribution >= 4 is 15.7 Å². The first-order valence-electron chi connectivity index (χ1n) is 7.43. The summed E-state index contributed by atoms with van der Waals surface area (Å²) >= 11 is 0. The van der Waals surface area contributed by atoms with Crippen LogP contribution in [0.2, 0.25) is 0 Å². The van der Waals surface area contributed by atoms with Gasteiger partial charge in [-0.1, -0.05) is 12.1 Å². The van der Waals surface area contributed by atoms with Crippen molar-refractivity contribution in [1.29, 1.82) is 0 Å². The van der Waals surface area contributed by atoms with Crippen LogP contribution in [0.15, 0.2) is 41.6 Å². The number of nitrogens with zero attached hydrogens (tertiary/aromatic N) is 1. The lowest BCUT2D eigenvalue weighted by Gasteiger charge is -2.14. The Morgan fingerprint density at radius 3 is 2.57 bits per heavy atom. The molecule has 0 spiro atoms. The highest BCUT2D eigenvalue weighted by molar-refractivity contribution is 7.90. The first kappa shape index (κ1) is 17.2. The topological polar surface area (TPSA) is 91.9 Å². The summed E-state index contributed by atoms with van der Waals surface area (Å²) in [7, 11) is -3.20. The molecule has 1 atom stereocenters. The number of carbonyl (C=O) groups excluding carboxylic acids is 1. The Labute approximate surface area is 136 Å². The lowest BCUT2D eigenvalue weighted by Crippen LogP contribution is -2.26. The van der Waals surface area contributed by atoms with Crippen LogP contribution in [0.5, 0.6) is 0 Å². The highest BCUT2D eigenvalue weighted by Crippen LogP contribution is 2.16. The normalized spacial score (nSPS) is 12.8. The zero-order chi connectivity index (χ0) is 16.9. The van der Waals surface area contributed by atoms with E-state index in [9.17, 15) is 13.2 Å². The van der Waals surface area contributed by atoms with Crippen molar-refractivity contribution in [1.82, 2.24) is 15.5 Å². The molecule has 124 valence electrons. The van der Waals surface area contributed by atoms with Crippen LogP contribution in [0, 0.1) is 0 Å². The predicted molar refractivity (Wildman–Crippen MR) is 87.6 cm³/mol. The number of rotatable bonds is 7. The van der Waals surface area contributed by atoms with Crippen LogP contribution in [-0.4, -0.2) is 30.8 Å². The number of aromatic amines is 1. The summed E-state index contributed by atoms with van der Waals surface area (Å²) < 4.78 is 22.9. The molecule has 2 N–H and O–H groups in total. The van der Waals surface area contributed by atoms with Crippen LogP contribution in [-0.2, 0) is 21.1 Å². The lowest BCUT2D eigenvalue weighted by molar-refractivity contribution is -0.121. The maximum atomic E-state index is 12.0. The van der Waals surface area contributed by atoms with Gasteiger partial charge < -0.3 is 5.32 Å². The molecule has 0 unspecified atom stereocenters. The van der Waals surface area contributed by atoms with E-state index in [0.29, 0.717) is 6.42 Å². The van der Waals surface area contributed by atoms with E-state index in [1.165, 1.54) is 6.26 Å². The maximum Gasteiger partial charge on any atom is 0.220 e. The molecule has 0 bridgehead atoms. The number of carbonyl (C=O) groups is 1. The molecule has 1 heterocycles. The number of aromatic nitrogens is 2. The molecule has 2 rings (SSSR count). The Bertz CT molecular complexity index is 737. The molecule has 0 aliphatic heterocycles. The van der Waals surface area contributed by atoms with Crippen molar-refractivity contribution in [3.05, 3.63) is 47.8 Å². The first-order chi connectivity index (χ1) is 10.9. The van der Waals surface area contributed by atoms with Gasteiger partial charge in [0, 0.05) is 18.9 Å². The molecular weight excluding hydrogens is 314 g/mol. The highest BCUT2D eigenvalue weighted by Gasteiger charge is 2.11. The van der Waals surface area contributed by atoms with Crippen LogP contribution in [0.25, 0.3) is 0 Å². The van der Waals surface area contributed by atoms with E-state index < -0.39 is 9.84 Å². The van der Waals surface area contributed by atoms with Crippen molar-refractivity contribution in [3.8, 4) is 0 Å². The van der Waals surface area contributed by atoms with Crippen molar-refractivity contribution in [2.24, 2.45) is 0 Å². The van der Waals surface area contributed by atoms with Crippen molar-refractivity contribution < 1.29 is 13.2 Å². The van der Waals surface area contributed by atoms with E-state index >= 15 is 0 Å². The molecule has 2 aromatic rings. The van der Waals surface area contributed by atoms with E-state index in [2.05, 4.69) is 15.5 Å². The SMILES string of the molecule is C[C@@H](NC(=O)CCCc1cn[nH]c1)c1ccc(S(C)(=O)=O)cc1. The molecule has 6 nitrogen and oxygen atoms in total. The summed E-state index contributed by atoms with van der Waals surface area (Å²) in [6, 6.07) is 6.42. The zero-order valence-electron chi connectivity index (χ0n) is 13.2. The third kappa shape index (κ3) is 5.21. The molecule has 0 saturated carbocycles. The summed E-state index contributed by atoms with van der Waals surface area (Å²) in [5.41, 5.74) is 1.96. The van der Waals surface area contributed by atoms with Crippen LogP contribution in [0.1, 0.15) is 36.9 Å². The van der Waals surface area contributed by atoms with Crippen molar-refractivity contribution in [2.45, 2.75) is 37.1 Å². The van der Waals surface area contributed by atoms with Gasteiger partial charge in [0.25, 0.3) is 0 Å². The van der Waals surface area contributed by atoms with Gasteiger partial charge in [-0.05, 0) is 43.0 Å². The Morgan fingerprint density at radius 2 is 2.00 bits per heavy atom. The van der Waals surface area contributed by atoms with Crippen molar-refractivity contribution in [3.63, 3.8) is 0 Å². The number of hydrogen-bond acceptors (Lipinski definition) is 4. The van der Waals surface area contributed by atoms with E-state index in [0.717, 1.165) is 24.0 Å². The predicted octanol–water partition coefficient (Wildman–Crippen LogP) is 2.01. The van der Waals surface area contributed by atoms with E-state index in [1.54, 1.807) is 30.5 Å². The molecular formula is C16H21N3O3S. The van der Waals surface area contributed by atoms with Crippen molar-refractivity contribution in [2.75, 3.05) is 6.26 Å². The standard InChI is InChI=1S/C16H21N3O3S/c1-12(14-6-8-15(9-7-14)23(2,21)22)19-16(20)5-3-4-13-10-17-18-11-13/h6-12H,3-5H2,1-2H3,(H,17,18)(H,19,20)/t12-/m1/s1. The molecule has 7 heteroatoms. The van der Waals surface area contributed by atoms with Crippen LogP contribution in [0.3, 0.4) is 0 Å². The fourth-order valence-corrected chi connectivity index (χ4v) is 2.90. The van der Waals surface area contributed by atoms with E-state index in [-0.39, 0.29) is 16.8 Å². The molecule has 0 saturated heterocycles. The monoisotopic (exact) mass is 335 g/mol. The summed E-state index contributed by atoms with van der Waals surface area (Å²) in [6.45, 7) is 1.88. The maximum absolute atomic E-state index is 12.0. The van der Waals surface area contributed by atoms with Gasteiger partial charge in [-0.3, -0.25) is 9.89 Å². The third-order valence-electron chi connectivity index (χ3n) is 3.61. The van der Waals surface area contributed by atoms with Gasteiger partial charge in [0.05, 0.1) is 17.1 Å². The van der Waals surface area contributed by atoms with E-state index in [1.807, 2.05) is 13.1 Å². The Hall–Kier alpha value is -2.15. The quantitative estimate of drug-likeness (QED) is 0.809. The van der Waals surface area contributed by atoms with Gasteiger partial charge >= 0.3 is 0 Å². The molecule has 1 aromatic heterocycles. The second-order valence-electron chi connectivity index (χ2n) is 5.59. The number of benzene rings is 1. The van der Waals surface area contributed by atoms with Gasteiger partial charge in [-0.15, -0.1) is 0 Å². The fraction of sp³-hybridized carbons (Fsp3) is 0.375. The highest BCUT2D eigenvalue weighted by atomic mass is 32.2. The second-order valence-corrected chi connectivity index (χ2v) is 7.61. The average Bonchev–Trinajstić information content (AvgIpc) is 2.99. The smallest absolute Gasteiger partial charge is 0.220 e. The molecule has 0 fully saturated rings. The number of hydrogen-bond donors (Lipinski definition) is 2. The summed E-state index contributed by atoms with van der Waals surface area (Å²) in [5.74, 6) is -0.0202. The molecule has 0 radical (unpaired) electrons. The Kier molecular flexibility index (Phi) is 5.54. The van der Waals surface area contributed by atoms with E-state index in [4.69, 9.17) is 0 Å². The zero-order valence-corrected chi connectivity index (χ0v) is 14.1. The van der Waals surface area contributed by atoms with Gasteiger partial charge in [0.2, 0.25) is 5.91 Å². The Balaban J connectivity index is 1.83. The summed E-state index contributed by atoms with van der Waals surface area (Å²) in [4.78, 5) is 12.2. The van der Waals surface area contributed by atoms with Crippen LogP contribution < -0.4 is 5.32 Å².